The molecule has 1 aromatic rings. The van der Waals surface area contributed by atoms with Crippen molar-refractivity contribution < 1.29 is 14.0 Å². The van der Waals surface area contributed by atoms with E-state index in [-0.39, 0.29) is 23.8 Å². The van der Waals surface area contributed by atoms with Crippen LogP contribution in [0.1, 0.15) is 44.2 Å². The van der Waals surface area contributed by atoms with Crippen LogP contribution in [0.2, 0.25) is 0 Å². The topological polar surface area (TPSA) is 52.7 Å². The van der Waals surface area contributed by atoms with E-state index in [1.165, 1.54) is 18.6 Å². The monoisotopic (exact) mass is 347 g/mol. The summed E-state index contributed by atoms with van der Waals surface area (Å²) in [6, 6.07) is 6.26. The predicted octanol–water partition coefficient (Wildman–Crippen LogP) is 2.93. The first kappa shape index (κ1) is 17.7. The van der Waals surface area contributed by atoms with Crippen LogP contribution in [-0.2, 0) is 4.79 Å². The van der Waals surface area contributed by atoms with E-state index in [0.29, 0.717) is 32.1 Å². The summed E-state index contributed by atoms with van der Waals surface area (Å²) in [5.41, 5.74) is 0.958. The van der Waals surface area contributed by atoms with E-state index in [0.717, 1.165) is 24.8 Å². The maximum absolute atomic E-state index is 13.2. The zero-order valence-corrected chi connectivity index (χ0v) is 14.7. The summed E-state index contributed by atoms with van der Waals surface area (Å²) in [4.78, 5) is 27.9. The second kappa shape index (κ2) is 7.85. The highest BCUT2D eigenvalue weighted by Crippen LogP contribution is 2.37. The van der Waals surface area contributed by atoms with E-state index in [9.17, 15) is 14.0 Å². The van der Waals surface area contributed by atoms with Crippen molar-refractivity contribution in [2.45, 2.75) is 38.6 Å². The lowest BCUT2D eigenvalue weighted by atomic mass is 9.77. The average Bonchev–Trinajstić information content (AvgIpc) is 2.79. The molecular formula is C19H26FN3O2. The number of rotatable bonds is 3. The van der Waals surface area contributed by atoms with Crippen LogP contribution in [0.3, 0.4) is 0 Å². The number of benzene rings is 1. The third-order valence-electron chi connectivity index (χ3n) is 5.36. The van der Waals surface area contributed by atoms with Gasteiger partial charge in [-0.05, 0) is 42.9 Å². The summed E-state index contributed by atoms with van der Waals surface area (Å²) >= 11 is 0. The number of halogens is 1. The molecule has 1 saturated heterocycles. The Morgan fingerprint density at radius 2 is 1.68 bits per heavy atom. The molecule has 6 heteroatoms. The first-order valence-corrected chi connectivity index (χ1v) is 9.11. The third-order valence-corrected chi connectivity index (χ3v) is 5.36. The highest BCUT2D eigenvalue weighted by atomic mass is 19.1. The van der Waals surface area contributed by atoms with Crippen LogP contribution in [0.4, 0.5) is 9.18 Å². The molecule has 25 heavy (non-hydrogen) atoms. The highest BCUT2D eigenvalue weighted by Gasteiger charge is 2.31. The molecule has 1 aliphatic heterocycles. The Morgan fingerprint density at radius 1 is 1.04 bits per heavy atom. The molecular weight excluding hydrogens is 321 g/mol. The van der Waals surface area contributed by atoms with Gasteiger partial charge in [-0.3, -0.25) is 4.79 Å². The van der Waals surface area contributed by atoms with E-state index in [1.807, 2.05) is 0 Å². The minimum atomic E-state index is -0.265. The maximum atomic E-state index is 13.2. The van der Waals surface area contributed by atoms with Gasteiger partial charge in [-0.25, -0.2) is 9.18 Å². The normalized spacial score (nSPS) is 19.8. The largest absolute Gasteiger partial charge is 0.341 e. The molecule has 2 aliphatic rings. The Hall–Kier alpha value is -2.11. The van der Waals surface area contributed by atoms with Crippen molar-refractivity contribution in [3.05, 3.63) is 35.6 Å². The Bertz CT molecular complexity index is 616. The minimum Gasteiger partial charge on any atom is -0.341 e. The number of carbonyl (C=O) groups excluding carboxylic acids is 2. The molecule has 1 heterocycles. The predicted molar refractivity (Wildman–Crippen MR) is 93.5 cm³/mol. The van der Waals surface area contributed by atoms with E-state index in [4.69, 9.17) is 0 Å². The molecule has 1 saturated carbocycles. The first-order valence-electron chi connectivity index (χ1n) is 9.11. The van der Waals surface area contributed by atoms with Crippen LogP contribution in [0, 0.1) is 11.7 Å². The third kappa shape index (κ3) is 4.30. The summed E-state index contributed by atoms with van der Waals surface area (Å²) in [5.74, 6) is 0.204. The average molecular weight is 347 g/mol. The van der Waals surface area contributed by atoms with Gasteiger partial charge in [0.1, 0.15) is 5.82 Å². The highest BCUT2D eigenvalue weighted by molar-refractivity contribution is 5.76. The van der Waals surface area contributed by atoms with Gasteiger partial charge >= 0.3 is 6.03 Å². The molecule has 3 rings (SSSR count). The van der Waals surface area contributed by atoms with Crippen molar-refractivity contribution >= 4 is 11.9 Å². The standard InChI is InChI=1S/C19H26FN3O2/c1-14(24)22-10-3-11-23(13-12-22)19(25)21-18(15-4-2-5-15)16-6-8-17(20)9-7-16/h6-9,15,18H,2-5,10-13H2,1H3,(H,21,25)/t18-/m1/s1. The van der Waals surface area contributed by atoms with Crippen LogP contribution < -0.4 is 5.32 Å². The van der Waals surface area contributed by atoms with Gasteiger partial charge < -0.3 is 15.1 Å². The van der Waals surface area contributed by atoms with Gasteiger partial charge in [-0.15, -0.1) is 0 Å². The van der Waals surface area contributed by atoms with E-state index in [2.05, 4.69) is 5.32 Å². The van der Waals surface area contributed by atoms with E-state index < -0.39 is 0 Å². The summed E-state index contributed by atoms with van der Waals surface area (Å²) in [6.07, 6.45) is 4.13. The summed E-state index contributed by atoms with van der Waals surface area (Å²) < 4.78 is 13.2. The number of nitrogens with zero attached hydrogens (tertiary/aromatic N) is 2. The fourth-order valence-corrected chi connectivity index (χ4v) is 3.58. The second-order valence-corrected chi connectivity index (χ2v) is 7.02. The Labute approximate surface area is 148 Å². The van der Waals surface area contributed by atoms with Gasteiger partial charge in [0.15, 0.2) is 0 Å². The Morgan fingerprint density at radius 3 is 2.28 bits per heavy atom. The zero-order chi connectivity index (χ0) is 17.8. The lowest BCUT2D eigenvalue weighted by Gasteiger charge is -2.36. The molecule has 2 fully saturated rings. The van der Waals surface area contributed by atoms with Crippen LogP contribution in [0.15, 0.2) is 24.3 Å². The number of carbonyl (C=O) groups is 2. The first-order chi connectivity index (χ1) is 12.0. The quantitative estimate of drug-likeness (QED) is 0.914. The molecule has 0 bridgehead atoms. The van der Waals surface area contributed by atoms with Gasteiger partial charge in [0.2, 0.25) is 5.91 Å². The van der Waals surface area contributed by atoms with Crippen molar-refractivity contribution in [1.82, 2.24) is 15.1 Å². The second-order valence-electron chi connectivity index (χ2n) is 7.02. The lowest BCUT2D eigenvalue weighted by molar-refractivity contribution is -0.128. The number of hydrogen-bond donors (Lipinski definition) is 1. The molecule has 1 aromatic carbocycles. The molecule has 1 N–H and O–H groups in total. The fourth-order valence-electron chi connectivity index (χ4n) is 3.58. The van der Waals surface area contributed by atoms with E-state index in [1.54, 1.807) is 28.9 Å². The smallest absolute Gasteiger partial charge is 0.317 e. The molecule has 0 unspecified atom stereocenters. The molecule has 5 nitrogen and oxygen atoms in total. The molecule has 136 valence electrons. The lowest BCUT2D eigenvalue weighted by Crippen LogP contribution is -2.46. The molecule has 3 amide bonds. The van der Waals surface area contributed by atoms with Crippen molar-refractivity contribution in [2.75, 3.05) is 26.2 Å². The summed E-state index contributed by atoms with van der Waals surface area (Å²) in [5, 5.41) is 3.16. The van der Waals surface area contributed by atoms with Gasteiger partial charge in [0.05, 0.1) is 6.04 Å². The minimum absolute atomic E-state index is 0.0564. The zero-order valence-electron chi connectivity index (χ0n) is 14.7. The van der Waals surface area contributed by atoms with Crippen LogP contribution in [0.5, 0.6) is 0 Å². The number of amides is 3. The molecule has 1 aliphatic carbocycles. The van der Waals surface area contributed by atoms with Gasteiger partial charge in [0.25, 0.3) is 0 Å². The summed E-state index contributed by atoms with van der Waals surface area (Å²) in [7, 11) is 0. The van der Waals surface area contributed by atoms with Crippen molar-refractivity contribution in [3.63, 3.8) is 0 Å². The van der Waals surface area contributed by atoms with Crippen LogP contribution >= 0.6 is 0 Å². The van der Waals surface area contributed by atoms with Gasteiger partial charge in [-0.1, -0.05) is 18.6 Å². The van der Waals surface area contributed by atoms with Crippen LogP contribution in [-0.4, -0.2) is 47.9 Å². The van der Waals surface area contributed by atoms with Crippen molar-refractivity contribution in [3.8, 4) is 0 Å². The number of hydrogen-bond acceptors (Lipinski definition) is 2. The molecule has 1 atom stereocenters. The molecule has 0 aromatic heterocycles. The maximum Gasteiger partial charge on any atom is 0.317 e. The molecule has 0 spiro atoms. The van der Waals surface area contributed by atoms with Crippen LogP contribution in [0.25, 0.3) is 0 Å². The fraction of sp³-hybridized carbons (Fsp3) is 0.579. The Kier molecular flexibility index (Phi) is 5.56. The van der Waals surface area contributed by atoms with E-state index >= 15 is 0 Å². The van der Waals surface area contributed by atoms with Crippen molar-refractivity contribution in [2.24, 2.45) is 5.92 Å². The van der Waals surface area contributed by atoms with Gasteiger partial charge in [0, 0.05) is 33.1 Å². The Balaban J connectivity index is 1.66. The SMILES string of the molecule is CC(=O)N1CCCN(C(=O)N[C@@H](c2ccc(F)cc2)C2CCC2)CC1. The van der Waals surface area contributed by atoms with Gasteiger partial charge in [-0.2, -0.15) is 0 Å². The molecule has 0 radical (unpaired) electrons. The number of urea groups is 1. The summed E-state index contributed by atoms with van der Waals surface area (Å²) in [6.45, 7) is 4.04. The van der Waals surface area contributed by atoms with Crippen molar-refractivity contribution in [1.29, 1.82) is 0 Å². The number of nitrogens with one attached hydrogen (secondary N) is 1.